The van der Waals surface area contributed by atoms with Crippen LogP contribution in [-0.2, 0) is 17.1 Å². The Bertz CT molecular complexity index is 1320. The fourth-order valence-electron chi connectivity index (χ4n) is 3.87. The zero-order chi connectivity index (χ0) is 22.9. The molecule has 0 aliphatic carbocycles. The number of aryl methyl sites for hydroxylation is 1. The number of anilines is 1. The molecular formula is C22H25N3O5S2. The van der Waals surface area contributed by atoms with E-state index in [4.69, 9.17) is 4.74 Å². The van der Waals surface area contributed by atoms with Crippen LogP contribution in [0.5, 0.6) is 5.75 Å². The maximum absolute atomic E-state index is 13.2. The fourth-order valence-corrected chi connectivity index (χ4v) is 6.33. The number of carbonyl (C=O) groups excluding carboxylic acids is 1. The Labute approximate surface area is 190 Å². The molecule has 0 spiro atoms. The summed E-state index contributed by atoms with van der Waals surface area (Å²) < 4.78 is 35.5. The van der Waals surface area contributed by atoms with Crippen molar-refractivity contribution in [2.24, 2.45) is 7.05 Å². The standard InChI is InChI=1S/C22H25N3O5S2/c1-24-18-9-7-15(13-20(18)31-22(24)27)23-21(26)17-14-16(8-10-19(17)30-2)32(28,29)25-11-5-3-4-6-12-25/h7-10,13-14H,3-6,11-12H2,1-2H3,(H,23,26). The van der Waals surface area contributed by atoms with Crippen molar-refractivity contribution in [3.63, 3.8) is 0 Å². The predicted octanol–water partition coefficient (Wildman–Crippen LogP) is 3.43. The molecule has 32 heavy (non-hydrogen) atoms. The molecule has 3 aromatic rings. The van der Waals surface area contributed by atoms with Crippen molar-refractivity contribution >= 4 is 43.2 Å². The zero-order valence-electron chi connectivity index (χ0n) is 18.0. The molecule has 10 heteroatoms. The van der Waals surface area contributed by atoms with E-state index >= 15 is 0 Å². The van der Waals surface area contributed by atoms with Crippen LogP contribution in [0.4, 0.5) is 5.69 Å². The highest BCUT2D eigenvalue weighted by Gasteiger charge is 2.27. The van der Waals surface area contributed by atoms with Gasteiger partial charge < -0.3 is 14.6 Å². The van der Waals surface area contributed by atoms with E-state index in [-0.39, 0.29) is 21.1 Å². The van der Waals surface area contributed by atoms with Crippen LogP contribution in [0.2, 0.25) is 0 Å². The number of fused-ring (bicyclic) bond motifs is 1. The summed E-state index contributed by atoms with van der Waals surface area (Å²) in [4.78, 5) is 24.9. The molecule has 8 nitrogen and oxygen atoms in total. The van der Waals surface area contributed by atoms with Gasteiger partial charge in [-0.05, 0) is 49.2 Å². The lowest BCUT2D eigenvalue weighted by Gasteiger charge is -2.20. The van der Waals surface area contributed by atoms with Crippen LogP contribution in [0.15, 0.2) is 46.1 Å². The number of methoxy groups -OCH3 is 1. The summed E-state index contributed by atoms with van der Waals surface area (Å²) in [5, 5.41) is 2.79. The molecule has 0 unspecified atom stereocenters. The van der Waals surface area contributed by atoms with E-state index in [1.807, 2.05) is 0 Å². The third kappa shape index (κ3) is 4.30. The van der Waals surface area contributed by atoms with Gasteiger partial charge in [-0.3, -0.25) is 9.59 Å². The third-order valence-electron chi connectivity index (χ3n) is 5.67. The molecule has 2 aromatic carbocycles. The number of carbonyl (C=O) groups is 1. The monoisotopic (exact) mass is 475 g/mol. The molecule has 1 aromatic heterocycles. The highest BCUT2D eigenvalue weighted by Crippen LogP contribution is 2.28. The number of aromatic nitrogens is 1. The fraction of sp³-hybridized carbons (Fsp3) is 0.364. The Balaban J connectivity index is 1.65. The second-order valence-corrected chi connectivity index (χ2v) is 10.7. The van der Waals surface area contributed by atoms with Gasteiger partial charge in [0.05, 0.1) is 27.8 Å². The molecule has 1 fully saturated rings. The number of ether oxygens (including phenoxy) is 1. The molecule has 0 saturated carbocycles. The second kappa shape index (κ2) is 9.05. The number of nitrogens with zero attached hydrogens (tertiary/aromatic N) is 2. The van der Waals surface area contributed by atoms with Gasteiger partial charge in [0.1, 0.15) is 5.75 Å². The number of amides is 1. The molecule has 1 aliphatic heterocycles. The lowest BCUT2D eigenvalue weighted by molar-refractivity contribution is 0.102. The number of hydrogen-bond donors (Lipinski definition) is 1. The molecule has 0 atom stereocenters. The van der Waals surface area contributed by atoms with Crippen molar-refractivity contribution in [1.82, 2.24) is 8.87 Å². The SMILES string of the molecule is COc1ccc(S(=O)(=O)N2CCCCCC2)cc1C(=O)Nc1ccc2c(c1)sc(=O)n2C. The van der Waals surface area contributed by atoms with Crippen LogP contribution < -0.4 is 14.9 Å². The summed E-state index contributed by atoms with van der Waals surface area (Å²) in [6, 6.07) is 9.55. The van der Waals surface area contributed by atoms with Crippen LogP contribution in [0, 0.1) is 0 Å². The van der Waals surface area contributed by atoms with Crippen LogP contribution in [0.3, 0.4) is 0 Å². The largest absolute Gasteiger partial charge is 0.496 e. The first-order chi connectivity index (χ1) is 15.3. The van der Waals surface area contributed by atoms with E-state index in [0.717, 1.165) is 47.2 Å². The summed E-state index contributed by atoms with van der Waals surface area (Å²) in [5.74, 6) is -0.208. The summed E-state index contributed by atoms with van der Waals surface area (Å²) in [6.45, 7) is 0.964. The Morgan fingerprint density at radius 2 is 1.78 bits per heavy atom. The average molecular weight is 476 g/mol. The lowest BCUT2D eigenvalue weighted by atomic mass is 10.1. The Morgan fingerprint density at radius 3 is 2.47 bits per heavy atom. The predicted molar refractivity (Wildman–Crippen MR) is 125 cm³/mol. The van der Waals surface area contributed by atoms with Gasteiger partial charge in [-0.25, -0.2) is 8.42 Å². The van der Waals surface area contributed by atoms with E-state index in [0.29, 0.717) is 18.8 Å². The van der Waals surface area contributed by atoms with E-state index in [9.17, 15) is 18.0 Å². The molecule has 4 rings (SSSR count). The molecule has 1 aliphatic rings. The van der Waals surface area contributed by atoms with Crippen molar-refractivity contribution in [2.45, 2.75) is 30.6 Å². The molecule has 1 N–H and O–H groups in total. The zero-order valence-corrected chi connectivity index (χ0v) is 19.6. The van der Waals surface area contributed by atoms with Gasteiger partial charge in [0, 0.05) is 25.8 Å². The van der Waals surface area contributed by atoms with Crippen molar-refractivity contribution in [2.75, 3.05) is 25.5 Å². The minimum absolute atomic E-state index is 0.0714. The van der Waals surface area contributed by atoms with Gasteiger partial charge in [0.2, 0.25) is 10.0 Å². The lowest BCUT2D eigenvalue weighted by Crippen LogP contribution is -2.32. The average Bonchev–Trinajstić information content (AvgIpc) is 2.96. The van der Waals surface area contributed by atoms with Gasteiger partial charge >= 0.3 is 4.87 Å². The maximum Gasteiger partial charge on any atom is 0.307 e. The number of rotatable bonds is 5. The van der Waals surface area contributed by atoms with Crippen LogP contribution in [-0.4, -0.2) is 43.4 Å². The third-order valence-corrected chi connectivity index (χ3v) is 8.56. The number of nitrogens with one attached hydrogen (secondary N) is 1. The number of hydrogen-bond acceptors (Lipinski definition) is 6. The first-order valence-corrected chi connectivity index (χ1v) is 12.7. The van der Waals surface area contributed by atoms with Gasteiger partial charge in [-0.2, -0.15) is 4.31 Å². The van der Waals surface area contributed by atoms with Gasteiger partial charge in [-0.1, -0.05) is 24.2 Å². The van der Waals surface area contributed by atoms with E-state index in [2.05, 4.69) is 5.32 Å². The molecule has 1 saturated heterocycles. The van der Waals surface area contributed by atoms with Gasteiger partial charge in [0.15, 0.2) is 0 Å². The molecule has 2 heterocycles. The van der Waals surface area contributed by atoms with Gasteiger partial charge in [0.25, 0.3) is 5.91 Å². The van der Waals surface area contributed by atoms with E-state index in [1.54, 1.807) is 29.8 Å². The van der Waals surface area contributed by atoms with Crippen LogP contribution >= 0.6 is 11.3 Å². The second-order valence-electron chi connectivity index (χ2n) is 7.74. The minimum Gasteiger partial charge on any atom is -0.496 e. The highest BCUT2D eigenvalue weighted by atomic mass is 32.2. The Morgan fingerprint density at radius 1 is 1.06 bits per heavy atom. The number of sulfonamides is 1. The van der Waals surface area contributed by atoms with Crippen molar-refractivity contribution in [3.8, 4) is 5.75 Å². The molecule has 0 radical (unpaired) electrons. The van der Waals surface area contributed by atoms with Crippen LogP contribution in [0.25, 0.3) is 10.2 Å². The molecule has 0 bridgehead atoms. The van der Waals surface area contributed by atoms with Crippen molar-refractivity contribution in [1.29, 1.82) is 0 Å². The number of thiazole rings is 1. The smallest absolute Gasteiger partial charge is 0.307 e. The number of benzene rings is 2. The minimum atomic E-state index is -3.71. The molecular weight excluding hydrogens is 450 g/mol. The van der Waals surface area contributed by atoms with Crippen molar-refractivity contribution in [3.05, 3.63) is 51.6 Å². The first kappa shape index (κ1) is 22.5. The van der Waals surface area contributed by atoms with Crippen molar-refractivity contribution < 1.29 is 17.9 Å². The van der Waals surface area contributed by atoms with E-state index in [1.165, 1.54) is 29.6 Å². The van der Waals surface area contributed by atoms with Crippen LogP contribution in [0.1, 0.15) is 36.0 Å². The summed E-state index contributed by atoms with van der Waals surface area (Å²) in [5.41, 5.74) is 1.41. The first-order valence-electron chi connectivity index (χ1n) is 10.4. The van der Waals surface area contributed by atoms with E-state index < -0.39 is 15.9 Å². The van der Waals surface area contributed by atoms with Gasteiger partial charge in [-0.15, -0.1) is 0 Å². The summed E-state index contributed by atoms with van der Waals surface area (Å²) >= 11 is 1.09. The topological polar surface area (TPSA) is 97.7 Å². The molecule has 170 valence electrons. The molecule has 1 amide bonds. The highest BCUT2D eigenvalue weighted by molar-refractivity contribution is 7.89. The summed E-state index contributed by atoms with van der Waals surface area (Å²) in [6.07, 6.45) is 3.69. The Hall–Kier alpha value is -2.69. The summed E-state index contributed by atoms with van der Waals surface area (Å²) in [7, 11) is -0.580. The Kier molecular flexibility index (Phi) is 6.36. The quantitative estimate of drug-likeness (QED) is 0.610. The normalized spacial score (nSPS) is 15.4. The maximum atomic E-state index is 13.2.